The Morgan fingerprint density at radius 2 is 2.00 bits per heavy atom. The minimum atomic E-state index is -2.88. The molecule has 18 heavy (non-hydrogen) atoms. The van der Waals surface area contributed by atoms with Crippen molar-refractivity contribution in [3.8, 4) is 0 Å². The summed E-state index contributed by atoms with van der Waals surface area (Å²) in [6.07, 6.45) is 0. The van der Waals surface area contributed by atoms with Crippen molar-refractivity contribution in [3.05, 3.63) is 35.9 Å². The van der Waals surface area contributed by atoms with E-state index in [1.165, 1.54) is 5.56 Å². The lowest BCUT2D eigenvalue weighted by Crippen LogP contribution is -2.36. The highest BCUT2D eigenvalue weighted by Gasteiger charge is 2.47. The summed E-state index contributed by atoms with van der Waals surface area (Å²) in [6.45, 7) is 0.712. The van der Waals surface area contributed by atoms with Crippen LogP contribution in [-0.2, 0) is 16.4 Å². The third-order valence-corrected chi connectivity index (χ3v) is 7.03. The molecule has 2 atom stereocenters. The van der Waals surface area contributed by atoms with Gasteiger partial charge in [0.25, 0.3) is 0 Å². The Bertz CT molecular complexity index is 570. The molecule has 0 saturated carbocycles. The summed E-state index contributed by atoms with van der Waals surface area (Å²) in [5, 5.41) is 0.131. The minimum Gasteiger partial charge on any atom is -0.348 e. The van der Waals surface area contributed by atoms with Crippen LogP contribution < -0.4 is 0 Å². The van der Waals surface area contributed by atoms with Crippen LogP contribution in [-0.4, -0.2) is 40.4 Å². The Morgan fingerprint density at radius 3 is 2.72 bits per heavy atom. The number of nitrogens with zero attached hydrogens (tertiary/aromatic N) is 1. The molecule has 2 aliphatic heterocycles. The maximum absolute atomic E-state index is 11.7. The molecule has 2 fully saturated rings. The van der Waals surface area contributed by atoms with Gasteiger partial charge in [0.15, 0.2) is 9.84 Å². The number of benzene rings is 1. The predicted molar refractivity (Wildman–Crippen MR) is 78.4 cm³/mol. The Balaban J connectivity index is 1.82. The van der Waals surface area contributed by atoms with Crippen molar-refractivity contribution >= 4 is 38.1 Å². The van der Waals surface area contributed by atoms with Crippen LogP contribution in [0.1, 0.15) is 5.56 Å². The maximum atomic E-state index is 11.7. The smallest absolute Gasteiger partial charge is 0.153 e. The molecular formula is C12H13NO2S3. The van der Waals surface area contributed by atoms with Gasteiger partial charge in [0.05, 0.1) is 17.5 Å². The molecule has 0 unspecified atom stereocenters. The highest BCUT2D eigenvalue weighted by molar-refractivity contribution is 8.24. The largest absolute Gasteiger partial charge is 0.348 e. The van der Waals surface area contributed by atoms with Gasteiger partial charge in [0.1, 0.15) is 4.32 Å². The first kappa shape index (κ1) is 12.4. The average molecular weight is 299 g/mol. The number of fused-ring (bicyclic) bond motifs is 1. The van der Waals surface area contributed by atoms with Gasteiger partial charge >= 0.3 is 0 Å². The molecule has 3 rings (SSSR count). The SMILES string of the molecule is O=S1(=O)C[C@@H]2SC(=S)N(Cc3ccccc3)[C@@H]2C1. The van der Waals surface area contributed by atoms with E-state index >= 15 is 0 Å². The molecule has 0 aromatic heterocycles. The first-order valence-corrected chi connectivity index (χ1v) is 8.88. The molecular weight excluding hydrogens is 286 g/mol. The van der Waals surface area contributed by atoms with E-state index in [2.05, 4.69) is 4.90 Å². The number of rotatable bonds is 2. The van der Waals surface area contributed by atoms with Gasteiger partial charge in [0.2, 0.25) is 0 Å². The standard InChI is InChI=1S/C12H13NO2S3/c14-18(15)7-10-11(8-18)17-12(16)13(10)6-9-4-2-1-3-5-9/h1-5,10-11H,6-8H2/t10-,11+/m1/s1. The molecule has 2 saturated heterocycles. The first-order chi connectivity index (χ1) is 8.55. The van der Waals surface area contributed by atoms with E-state index in [0.29, 0.717) is 6.54 Å². The molecule has 0 bridgehead atoms. The van der Waals surface area contributed by atoms with Crippen molar-refractivity contribution in [1.29, 1.82) is 0 Å². The van der Waals surface area contributed by atoms with Crippen LogP contribution in [0, 0.1) is 0 Å². The zero-order valence-corrected chi connectivity index (χ0v) is 12.1. The van der Waals surface area contributed by atoms with Gasteiger partial charge in [-0.15, -0.1) is 0 Å². The lowest BCUT2D eigenvalue weighted by molar-refractivity contribution is 0.355. The fraction of sp³-hybridized carbons (Fsp3) is 0.417. The molecule has 0 spiro atoms. The number of hydrogen-bond acceptors (Lipinski definition) is 4. The van der Waals surface area contributed by atoms with E-state index in [1.807, 2.05) is 30.3 Å². The molecule has 0 N–H and O–H groups in total. The average Bonchev–Trinajstić information content (AvgIpc) is 2.74. The molecule has 1 aromatic carbocycles. The predicted octanol–water partition coefficient (Wildman–Crippen LogP) is 1.69. The summed E-state index contributed by atoms with van der Waals surface area (Å²) in [6, 6.07) is 10.1. The fourth-order valence-corrected chi connectivity index (χ4v) is 6.87. The second-order valence-corrected chi connectivity index (χ2v) is 8.71. The summed E-state index contributed by atoms with van der Waals surface area (Å²) in [5.41, 5.74) is 1.17. The third-order valence-electron chi connectivity index (χ3n) is 3.35. The van der Waals surface area contributed by atoms with E-state index in [-0.39, 0.29) is 22.8 Å². The molecule has 0 aliphatic carbocycles. The highest BCUT2D eigenvalue weighted by atomic mass is 32.2. The number of thioether (sulfide) groups is 1. The molecule has 0 radical (unpaired) electrons. The molecule has 2 aliphatic rings. The summed E-state index contributed by atoms with van der Waals surface area (Å²) < 4.78 is 24.2. The van der Waals surface area contributed by atoms with E-state index in [9.17, 15) is 8.42 Å². The second kappa shape index (κ2) is 4.51. The van der Waals surface area contributed by atoms with Crippen LogP contribution in [0.25, 0.3) is 0 Å². The summed E-state index contributed by atoms with van der Waals surface area (Å²) in [5.74, 6) is 0.519. The first-order valence-electron chi connectivity index (χ1n) is 5.77. The van der Waals surface area contributed by atoms with Crippen molar-refractivity contribution in [2.45, 2.75) is 17.8 Å². The highest BCUT2D eigenvalue weighted by Crippen LogP contribution is 2.38. The fourth-order valence-electron chi connectivity index (χ4n) is 2.49. The monoisotopic (exact) mass is 299 g/mol. The van der Waals surface area contributed by atoms with Crippen LogP contribution in [0.15, 0.2) is 30.3 Å². The van der Waals surface area contributed by atoms with Gasteiger partial charge in [0, 0.05) is 11.8 Å². The second-order valence-electron chi connectivity index (χ2n) is 4.68. The molecule has 6 heteroatoms. The number of thiocarbonyl (C=S) groups is 1. The zero-order valence-electron chi connectivity index (χ0n) is 9.65. The Kier molecular flexibility index (Phi) is 3.11. The minimum absolute atomic E-state index is 0.0627. The van der Waals surface area contributed by atoms with Crippen molar-refractivity contribution in [2.24, 2.45) is 0 Å². The quantitative estimate of drug-likeness (QED) is 0.777. The van der Waals surface area contributed by atoms with E-state index in [0.717, 1.165) is 4.32 Å². The topological polar surface area (TPSA) is 37.4 Å². The zero-order chi connectivity index (χ0) is 12.8. The molecule has 3 nitrogen and oxygen atoms in total. The Labute approximate surface area is 116 Å². The van der Waals surface area contributed by atoms with Crippen molar-refractivity contribution < 1.29 is 8.42 Å². The van der Waals surface area contributed by atoms with Gasteiger partial charge in [-0.1, -0.05) is 54.3 Å². The normalized spacial score (nSPS) is 29.6. The van der Waals surface area contributed by atoms with E-state index in [4.69, 9.17) is 12.2 Å². The van der Waals surface area contributed by atoms with Gasteiger partial charge in [-0.25, -0.2) is 8.42 Å². The Hall–Kier alpha value is -0.590. The summed E-state index contributed by atoms with van der Waals surface area (Å²) >= 11 is 6.91. The number of hydrogen-bond donors (Lipinski definition) is 0. The van der Waals surface area contributed by atoms with Crippen molar-refractivity contribution in [1.82, 2.24) is 4.90 Å². The maximum Gasteiger partial charge on any atom is 0.153 e. The third kappa shape index (κ3) is 2.29. The van der Waals surface area contributed by atoms with E-state index in [1.54, 1.807) is 11.8 Å². The lowest BCUT2D eigenvalue weighted by atomic mass is 10.1. The van der Waals surface area contributed by atoms with Crippen LogP contribution in [0.5, 0.6) is 0 Å². The summed E-state index contributed by atoms with van der Waals surface area (Å²) in [7, 11) is -2.88. The summed E-state index contributed by atoms with van der Waals surface area (Å²) in [4.78, 5) is 2.07. The van der Waals surface area contributed by atoms with Crippen molar-refractivity contribution in [2.75, 3.05) is 11.5 Å². The van der Waals surface area contributed by atoms with Crippen molar-refractivity contribution in [3.63, 3.8) is 0 Å². The van der Waals surface area contributed by atoms with Gasteiger partial charge in [-0.05, 0) is 5.56 Å². The van der Waals surface area contributed by atoms with Crippen LogP contribution in [0.4, 0.5) is 0 Å². The van der Waals surface area contributed by atoms with Crippen LogP contribution in [0.2, 0.25) is 0 Å². The Morgan fingerprint density at radius 1 is 1.28 bits per heavy atom. The molecule has 2 heterocycles. The van der Waals surface area contributed by atoms with Gasteiger partial charge in [-0.3, -0.25) is 0 Å². The van der Waals surface area contributed by atoms with Gasteiger partial charge < -0.3 is 4.90 Å². The molecule has 0 amide bonds. The van der Waals surface area contributed by atoms with E-state index < -0.39 is 9.84 Å². The van der Waals surface area contributed by atoms with Crippen LogP contribution >= 0.6 is 24.0 Å². The number of sulfone groups is 1. The molecule has 96 valence electrons. The molecule has 1 aromatic rings. The van der Waals surface area contributed by atoms with Gasteiger partial charge in [-0.2, -0.15) is 0 Å². The van der Waals surface area contributed by atoms with Crippen LogP contribution in [0.3, 0.4) is 0 Å². The lowest BCUT2D eigenvalue weighted by Gasteiger charge is -2.23.